The van der Waals surface area contributed by atoms with E-state index in [0.717, 1.165) is 6.42 Å². The highest BCUT2D eigenvalue weighted by molar-refractivity contribution is 5.93. The number of H-pyrrole nitrogens is 1. The number of hydrogen-bond donors (Lipinski definition) is 2. The molecule has 0 spiro atoms. The van der Waals surface area contributed by atoms with Crippen LogP contribution in [0.4, 0.5) is 0 Å². The first-order valence-electron chi connectivity index (χ1n) is 4.57. The molecule has 1 aliphatic rings. The zero-order chi connectivity index (χ0) is 10.7. The van der Waals surface area contributed by atoms with Crippen molar-refractivity contribution in [3.63, 3.8) is 0 Å². The van der Waals surface area contributed by atoms with Crippen molar-refractivity contribution in [2.45, 2.75) is 6.42 Å². The molecule has 1 aromatic heterocycles. The molecule has 8 nitrogen and oxygen atoms in total. The Morgan fingerprint density at radius 3 is 3.07 bits per heavy atom. The minimum Gasteiger partial charge on any atom is -0.354 e. The average molecular weight is 210 g/mol. The Kier molecular flexibility index (Phi) is 2.57. The molecule has 2 N–H and O–H groups in total. The van der Waals surface area contributed by atoms with Gasteiger partial charge in [0.25, 0.3) is 11.7 Å². The van der Waals surface area contributed by atoms with Gasteiger partial charge in [0.15, 0.2) is 0 Å². The fraction of sp³-hybridized carbons (Fsp3) is 0.571. The number of carbonyl (C=O) groups is 2. The zero-order valence-corrected chi connectivity index (χ0v) is 7.93. The summed E-state index contributed by atoms with van der Waals surface area (Å²) in [6, 6.07) is 0. The molecule has 8 heteroatoms. The first-order chi connectivity index (χ1) is 7.27. The third-order valence-corrected chi connectivity index (χ3v) is 2.09. The summed E-state index contributed by atoms with van der Waals surface area (Å²) in [6.45, 7) is 1.16. The standard InChI is InChI=1S/C7H10N6O2/c14-5-4-13(3-1-2-8-5)7(15)6-9-11-12-10-6/h1-4H2,(H,8,14)(H,9,10,11,12). The summed E-state index contributed by atoms with van der Waals surface area (Å²) < 4.78 is 0. The highest BCUT2D eigenvalue weighted by atomic mass is 16.2. The van der Waals surface area contributed by atoms with Crippen LogP contribution in [0.2, 0.25) is 0 Å². The summed E-state index contributed by atoms with van der Waals surface area (Å²) in [4.78, 5) is 24.3. The predicted octanol–water partition coefficient (Wildman–Crippen LogP) is -1.84. The monoisotopic (exact) mass is 210 g/mol. The number of nitrogens with zero attached hydrogens (tertiary/aromatic N) is 4. The number of aromatic amines is 1. The SMILES string of the molecule is O=C1CN(C(=O)c2nn[nH]n2)CCCN1. The topological polar surface area (TPSA) is 104 Å². The number of rotatable bonds is 1. The Balaban J connectivity index is 2.09. The van der Waals surface area contributed by atoms with Crippen LogP contribution in [0.5, 0.6) is 0 Å². The first kappa shape index (κ1) is 9.56. The number of hydrogen-bond acceptors (Lipinski definition) is 5. The number of nitrogens with one attached hydrogen (secondary N) is 2. The van der Waals surface area contributed by atoms with Gasteiger partial charge >= 0.3 is 0 Å². The summed E-state index contributed by atoms with van der Waals surface area (Å²) in [7, 11) is 0. The van der Waals surface area contributed by atoms with Crippen LogP contribution in [0.3, 0.4) is 0 Å². The minimum atomic E-state index is -0.374. The maximum atomic E-state index is 11.7. The van der Waals surface area contributed by atoms with Crippen molar-refractivity contribution in [3.05, 3.63) is 5.82 Å². The third kappa shape index (κ3) is 2.09. The quantitative estimate of drug-likeness (QED) is 0.567. The highest BCUT2D eigenvalue weighted by Crippen LogP contribution is 2.01. The van der Waals surface area contributed by atoms with Crippen LogP contribution in [-0.2, 0) is 4.79 Å². The Morgan fingerprint density at radius 1 is 1.47 bits per heavy atom. The van der Waals surface area contributed by atoms with E-state index in [0.29, 0.717) is 13.1 Å². The zero-order valence-electron chi connectivity index (χ0n) is 7.93. The maximum Gasteiger partial charge on any atom is 0.295 e. The van der Waals surface area contributed by atoms with Gasteiger partial charge in [-0.15, -0.1) is 10.2 Å². The Morgan fingerprint density at radius 2 is 2.33 bits per heavy atom. The fourth-order valence-corrected chi connectivity index (χ4v) is 1.37. The van der Waals surface area contributed by atoms with Gasteiger partial charge in [0.05, 0.1) is 6.54 Å². The number of tetrazole rings is 1. The van der Waals surface area contributed by atoms with E-state index >= 15 is 0 Å². The lowest BCUT2D eigenvalue weighted by atomic mass is 10.4. The fourth-order valence-electron chi connectivity index (χ4n) is 1.37. The third-order valence-electron chi connectivity index (χ3n) is 2.09. The molecule has 2 amide bonds. The number of carbonyl (C=O) groups excluding carboxylic acids is 2. The molecule has 1 aromatic rings. The Hall–Kier alpha value is -1.99. The van der Waals surface area contributed by atoms with E-state index in [1.54, 1.807) is 0 Å². The molecule has 1 saturated heterocycles. The van der Waals surface area contributed by atoms with Crippen molar-refractivity contribution in [3.8, 4) is 0 Å². The number of amides is 2. The van der Waals surface area contributed by atoms with Gasteiger partial charge in [-0.25, -0.2) is 0 Å². The summed E-state index contributed by atoms with van der Waals surface area (Å²) >= 11 is 0. The van der Waals surface area contributed by atoms with Crippen LogP contribution < -0.4 is 5.32 Å². The lowest BCUT2D eigenvalue weighted by Crippen LogP contribution is -2.37. The van der Waals surface area contributed by atoms with Gasteiger partial charge in [0.1, 0.15) is 0 Å². The molecule has 0 aromatic carbocycles. The van der Waals surface area contributed by atoms with Crippen LogP contribution in [-0.4, -0.2) is 57.0 Å². The first-order valence-corrected chi connectivity index (χ1v) is 4.57. The van der Waals surface area contributed by atoms with E-state index in [1.165, 1.54) is 4.90 Å². The summed E-state index contributed by atoms with van der Waals surface area (Å²) in [5, 5.41) is 15.3. The molecule has 2 heterocycles. The van der Waals surface area contributed by atoms with Gasteiger partial charge in [-0.1, -0.05) is 0 Å². The molecule has 0 atom stereocenters. The predicted molar refractivity (Wildman–Crippen MR) is 47.7 cm³/mol. The van der Waals surface area contributed by atoms with E-state index < -0.39 is 0 Å². The molecular weight excluding hydrogens is 200 g/mol. The second-order valence-electron chi connectivity index (χ2n) is 3.17. The lowest BCUT2D eigenvalue weighted by Gasteiger charge is -2.16. The summed E-state index contributed by atoms with van der Waals surface area (Å²) in [5.74, 6) is -0.546. The van der Waals surface area contributed by atoms with Crippen molar-refractivity contribution in [2.24, 2.45) is 0 Å². The molecule has 0 bridgehead atoms. The van der Waals surface area contributed by atoms with Gasteiger partial charge in [0, 0.05) is 13.1 Å². The largest absolute Gasteiger partial charge is 0.354 e. The molecule has 0 unspecified atom stereocenters. The molecule has 1 aliphatic heterocycles. The normalized spacial score (nSPS) is 17.1. The van der Waals surface area contributed by atoms with Gasteiger partial charge in [0.2, 0.25) is 5.91 Å². The molecule has 15 heavy (non-hydrogen) atoms. The van der Waals surface area contributed by atoms with Crippen LogP contribution in [0, 0.1) is 0 Å². The lowest BCUT2D eigenvalue weighted by molar-refractivity contribution is -0.121. The van der Waals surface area contributed by atoms with Crippen molar-refractivity contribution in [1.82, 2.24) is 30.8 Å². The Labute approximate surface area is 85.0 Å². The Bertz CT molecular complexity index is 362. The van der Waals surface area contributed by atoms with Gasteiger partial charge in [-0.3, -0.25) is 9.59 Å². The van der Waals surface area contributed by atoms with Crippen LogP contribution in [0.25, 0.3) is 0 Å². The molecule has 0 aliphatic carbocycles. The molecular formula is C7H10N6O2. The average Bonchev–Trinajstić information content (AvgIpc) is 2.67. The molecule has 2 rings (SSSR count). The van der Waals surface area contributed by atoms with Crippen LogP contribution in [0.15, 0.2) is 0 Å². The molecule has 0 radical (unpaired) electrons. The van der Waals surface area contributed by atoms with Crippen molar-refractivity contribution in [2.75, 3.05) is 19.6 Å². The van der Waals surface area contributed by atoms with E-state index in [2.05, 4.69) is 25.9 Å². The molecule has 0 saturated carbocycles. The van der Waals surface area contributed by atoms with E-state index in [-0.39, 0.29) is 24.2 Å². The van der Waals surface area contributed by atoms with Crippen LogP contribution >= 0.6 is 0 Å². The smallest absolute Gasteiger partial charge is 0.295 e. The maximum absolute atomic E-state index is 11.7. The van der Waals surface area contributed by atoms with Crippen molar-refractivity contribution in [1.29, 1.82) is 0 Å². The van der Waals surface area contributed by atoms with E-state index in [4.69, 9.17) is 0 Å². The van der Waals surface area contributed by atoms with E-state index in [1.807, 2.05) is 0 Å². The minimum absolute atomic E-state index is 0.00954. The van der Waals surface area contributed by atoms with Crippen molar-refractivity contribution >= 4 is 11.8 Å². The van der Waals surface area contributed by atoms with E-state index in [9.17, 15) is 9.59 Å². The van der Waals surface area contributed by atoms with Gasteiger partial charge in [-0.2, -0.15) is 5.21 Å². The number of aromatic nitrogens is 4. The summed E-state index contributed by atoms with van der Waals surface area (Å²) in [6.07, 6.45) is 0.731. The molecule has 1 fully saturated rings. The second-order valence-corrected chi connectivity index (χ2v) is 3.17. The highest BCUT2D eigenvalue weighted by Gasteiger charge is 2.23. The summed E-state index contributed by atoms with van der Waals surface area (Å²) in [5.41, 5.74) is 0. The molecule has 80 valence electrons. The van der Waals surface area contributed by atoms with Crippen molar-refractivity contribution < 1.29 is 9.59 Å². The van der Waals surface area contributed by atoms with Gasteiger partial charge in [-0.05, 0) is 11.6 Å². The second kappa shape index (κ2) is 4.03. The van der Waals surface area contributed by atoms with Gasteiger partial charge < -0.3 is 10.2 Å². The van der Waals surface area contributed by atoms with Crippen LogP contribution in [0.1, 0.15) is 17.0 Å².